The summed E-state index contributed by atoms with van der Waals surface area (Å²) in [5.41, 5.74) is 0.490. The number of carbonyl (C=O) groups is 2. The van der Waals surface area contributed by atoms with Gasteiger partial charge in [-0.2, -0.15) is 0 Å². The standard InChI is InChI=1S/C17H22FNO4/c1-3-4-5-10-19-16(20)12-23-17(21)9-7-13-6-8-15(22-2)14(18)11-13/h6-9,11H,3-5,10,12H2,1-2H3,(H,19,20)/b9-7+. The van der Waals surface area contributed by atoms with E-state index in [0.717, 1.165) is 25.3 Å². The van der Waals surface area contributed by atoms with Crippen LogP contribution in [0.5, 0.6) is 5.75 Å². The van der Waals surface area contributed by atoms with Crippen LogP contribution in [0, 0.1) is 5.82 Å². The number of methoxy groups -OCH3 is 1. The zero-order chi connectivity index (χ0) is 17.1. The van der Waals surface area contributed by atoms with Gasteiger partial charge in [0.15, 0.2) is 18.2 Å². The van der Waals surface area contributed by atoms with Crippen molar-refractivity contribution in [1.29, 1.82) is 0 Å². The van der Waals surface area contributed by atoms with Crippen molar-refractivity contribution in [3.8, 4) is 5.75 Å². The molecule has 0 aliphatic heterocycles. The highest BCUT2D eigenvalue weighted by Crippen LogP contribution is 2.18. The molecule has 0 bridgehead atoms. The number of unbranched alkanes of at least 4 members (excludes halogenated alkanes) is 2. The lowest BCUT2D eigenvalue weighted by molar-refractivity contribution is -0.143. The monoisotopic (exact) mass is 323 g/mol. The molecule has 126 valence electrons. The van der Waals surface area contributed by atoms with E-state index in [-0.39, 0.29) is 18.3 Å². The quantitative estimate of drug-likeness (QED) is 0.431. The summed E-state index contributed by atoms with van der Waals surface area (Å²) in [5.74, 6) is -1.39. The van der Waals surface area contributed by atoms with E-state index in [4.69, 9.17) is 9.47 Å². The van der Waals surface area contributed by atoms with Crippen molar-refractivity contribution in [3.05, 3.63) is 35.7 Å². The average Bonchev–Trinajstić information content (AvgIpc) is 2.55. The maximum absolute atomic E-state index is 13.5. The second-order valence-corrected chi connectivity index (χ2v) is 4.89. The molecule has 0 saturated heterocycles. The largest absolute Gasteiger partial charge is 0.494 e. The van der Waals surface area contributed by atoms with Crippen LogP contribution in [0.25, 0.3) is 6.08 Å². The van der Waals surface area contributed by atoms with E-state index in [2.05, 4.69) is 12.2 Å². The van der Waals surface area contributed by atoms with Crippen molar-refractivity contribution in [2.45, 2.75) is 26.2 Å². The number of amides is 1. The van der Waals surface area contributed by atoms with Crippen LogP contribution in [-0.2, 0) is 14.3 Å². The normalized spacial score (nSPS) is 10.6. The van der Waals surface area contributed by atoms with Gasteiger partial charge in [0.1, 0.15) is 0 Å². The number of hydrogen-bond donors (Lipinski definition) is 1. The number of benzene rings is 1. The van der Waals surface area contributed by atoms with E-state index < -0.39 is 11.8 Å². The molecule has 1 aromatic rings. The van der Waals surface area contributed by atoms with Crippen molar-refractivity contribution < 1.29 is 23.5 Å². The molecule has 0 spiro atoms. The summed E-state index contributed by atoms with van der Waals surface area (Å²) in [6.45, 7) is 2.32. The van der Waals surface area contributed by atoms with Gasteiger partial charge in [-0.3, -0.25) is 4.79 Å². The minimum Gasteiger partial charge on any atom is -0.494 e. The number of nitrogens with one attached hydrogen (secondary N) is 1. The van der Waals surface area contributed by atoms with Gasteiger partial charge in [0.2, 0.25) is 0 Å². The maximum atomic E-state index is 13.5. The maximum Gasteiger partial charge on any atom is 0.331 e. The molecule has 0 radical (unpaired) electrons. The molecule has 6 heteroatoms. The Bertz CT molecular complexity index is 558. The summed E-state index contributed by atoms with van der Waals surface area (Å²) in [6, 6.07) is 4.30. The molecule has 0 aromatic heterocycles. The smallest absolute Gasteiger partial charge is 0.331 e. The molecular formula is C17H22FNO4. The summed E-state index contributed by atoms with van der Waals surface area (Å²) >= 11 is 0. The van der Waals surface area contributed by atoms with Crippen LogP contribution >= 0.6 is 0 Å². The Hall–Kier alpha value is -2.37. The van der Waals surface area contributed by atoms with Gasteiger partial charge in [-0.1, -0.05) is 25.8 Å². The second kappa shape index (κ2) is 10.4. The second-order valence-electron chi connectivity index (χ2n) is 4.89. The lowest BCUT2D eigenvalue weighted by Crippen LogP contribution is -2.29. The first-order valence-electron chi connectivity index (χ1n) is 7.52. The molecule has 0 aliphatic carbocycles. The first kappa shape index (κ1) is 18.7. The summed E-state index contributed by atoms with van der Waals surface area (Å²) in [5, 5.41) is 2.66. The molecule has 0 heterocycles. The SMILES string of the molecule is CCCCCNC(=O)COC(=O)/C=C/c1ccc(OC)c(F)c1. The van der Waals surface area contributed by atoms with E-state index in [9.17, 15) is 14.0 Å². The molecule has 0 atom stereocenters. The third-order valence-corrected chi connectivity index (χ3v) is 3.04. The van der Waals surface area contributed by atoms with Crippen LogP contribution in [0.2, 0.25) is 0 Å². The van der Waals surface area contributed by atoms with Crippen LogP contribution < -0.4 is 10.1 Å². The van der Waals surface area contributed by atoms with Gasteiger partial charge >= 0.3 is 5.97 Å². The van der Waals surface area contributed by atoms with Gasteiger partial charge in [-0.05, 0) is 30.2 Å². The first-order chi connectivity index (χ1) is 11.1. The first-order valence-corrected chi connectivity index (χ1v) is 7.52. The molecular weight excluding hydrogens is 301 g/mol. The van der Waals surface area contributed by atoms with E-state index in [1.54, 1.807) is 6.07 Å². The van der Waals surface area contributed by atoms with Gasteiger partial charge in [0, 0.05) is 12.6 Å². The van der Waals surface area contributed by atoms with Crippen molar-refractivity contribution in [1.82, 2.24) is 5.32 Å². The van der Waals surface area contributed by atoms with Gasteiger partial charge in [0.05, 0.1) is 7.11 Å². The Morgan fingerprint density at radius 3 is 2.74 bits per heavy atom. The van der Waals surface area contributed by atoms with Crippen LogP contribution in [0.15, 0.2) is 24.3 Å². The zero-order valence-electron chi connectivity index (χ0n) is 13.4. The van der Waals surface area contributed by atoms with Gasteiger partial charge in [-0.15, -0.1) is 0 Å². The fourth-order valence-electron chi connectivity index (χ4n) is 1.79. The number of carbonyl (C=O) groups excluding carboxylic acids is 2. The van der Waals surface area contributed by atoms with Crippen LogP contribution in [0.1, 0.15) is 31.7 Å². The Balaban J connectivity index is 2.35. The van der Waals surface area contributed by atoms with Crippen molar-refractivity contribution >= 4 is 18.0 Å². The minimum atomic E-state index is -0.662. The summed E-state index contributed by atoms with van der Waals surface area (Å²) in [6.07, 6.45) is 5.57. The number of rotatable bonds is 9. The van der Waals surface area contributed by atoms with E-state index in [1.807, 2.05) is 0 Å². The molecule has 0 unspecified atom stereocenters. The topological polar surface area (TPSA) is 64.6 Å². The highest BCUT2D eigenvalue weighted by molar-refractivity contribution is 5.89. The molecule has 0 saturated carbocycles. The zero-order valence-corrected chi connectivity index (χ0v) is 13.4. The molecule has 5 nitrogen and oxygen atoms in total. The highest BCUT2D eigenvalue weighted by atomic mass is 19.1. The molecule has 0 aliphatic rings. The molecule has 1 N–H and O–H groups in total. The Labute approximate surface area is 135 Å². The van der Waals surface area contributed by atoms with E-state index in [0.29, 0.717) is 12.1 Å². The Morgan fingerprint density at radius 2 is 2.09 bits per heavy atom. The number of hydrogen-bond acceptors (Lipinski definition) is 4. The molecule has 1 rings (SSSR count). The lowest BCUT2D eigenvalue weighted by atomic mass is 10.2. The van der Waals surface area contributed by atoms with Gasteiger partial charge < -0.3 is 14.8 Å². The van der Waals surface area contributed by atoms with Crippen LogP contribution in [0.3, 0.4) is 0 Å². The van der Waals surface area contributed by atoms with Crippen molar-refractivity contribution in [2.75, 3.05) is 20.3 Å². The summed E-state index contributed by atoms with van der Waals surface area (Å²) < 4.78 is 23.1. The Kier molecular flexibility index (Phi) is 8.42. The third kappa shape index (κ3) is 7.44. The van der Waals surface area contributed by atoms with E-state index in [1.165, 1.54) is 25.3 Å². The summed E-state index contributed by atoms with van der Waals surface area (Å²) in [4.78, 5) is 22.9. The highest BCUT2D eigenvalue weighted by Gasteiger charge is 2.05. The lowest BCUT2D eigenvalue weighted by Gasteiger charge is -2.04. The van der Waals surface area contributed by atoms with Crippen LogP contribution in [0.4, 0.5) is 4.39 Å². The predicted molar refractivity (Wildman–Crippen MR) is 85.5 cm³/mol. The molecule has 23 heavy (non-hydrogen) atoms. The predicted octanol–water partition coefficient (Wildman–Crippen LogP) is 2.70. The van der Waals surface area contributed by atoms with Crippen LogP contribution in [-0.4, -0.2) is 32.1 Å². The molecule has 0 fully saturated rings. The summed E-state index contributed by atoms with van der Waals surface area (Å²) in [7, 11) is 1.37. The van der Waals surface area contributed by atoms with Gasteiger partial charge in [0.25, 0.3) is 5.91 Å². The molecule has 1 amide bonds. The number of halogens is 1. The minimum absolute atomic E-state index is 0.129. The van der Waals surface area contributed by atoms with Gasteiger partial charge in [-0.25, -0.2) is 9.18 Å². The fraction of sp³-hybridized carbons (Fsp3) is 0.412. The van der Waals surface area contributed by atoms with Crippen molar-refractivity contribution in [3.63, 3.8) is 0 Å². The molecule has 1 aromatic carbocycles. The fourth-order valence-corrected chi connectivity index (χ4v) is 1.79. The van der Waals surface area contributed by atoms with Crippen molar-refractivity contribution in [2.24, 2.45) is 0 Å². The number of esters is 1. The average molecular weight is 323 g/mol. The Morgan fingerprint density at radius 1 is 1.30 bits per heavy atom. The number of ether oxygens (including phenoxy) is 2. The third-order valence-electron chi connectivity index (χ3n) is 3.04. The van der Waals surface area contributed by atoms with E-state index >= 15 is 0 Å².